The highest BCUT2D eigenvalue weighted by molar-refractivity contribution is 7.90. The minimum atomic E-state index is -5.07. The molecule has 0 aliphatic carbocycles. The van der Waals surface area contributed by atoms with Gasteiger partial charge in [0.25, 0.3) is 5.91 Å². The third kappa shape index (κ3) is 6.42. The zero-order chi connectivity index (χ0) is 27.9. The second-order valence-electron chi connectivity index (χ2n) is 8.22. The van der Waals surface area contributed by atoms with Gasteiger partial charge in [0.2, 0.25) is 15.0 Å². The highest BCUT2D eigenvalue weighted by Crippen LogP contribution is 2.36. The molecule has 3 rings (SSSR count). The Bertz CT molecular complexity index is 1440. The Morgan fingerprint density at radius 1 is 0.973 bits per heavy atom. The van der Waals surface area contributed by atoms with Crippen LogP contribution in [0.1, 0.15) is 32.6 Å². The average Bonchev–Trinajstić information content (AvgIpc) is 2.76. The summed E-state index contributed by atoms with van der Waals surface area (Å²) in [6.45, 7) is 0.807. The maximum Gasteiger partial charge on any atom is 0.416 e. The lowest BCUT2D eigenvalue weighted by Gasteiger charge is -2.21. The Labute approximate surface area is 206 Å². The molecule has 0 fully saturated rings. The first-order valence-electron chi connectivity index (χ1n) is 10.3. The number of nitrogens with zero attached hydrogens (tertiary/aromatic N) is 3. The van der Waals surface area contributed by atoms with Gasteiger partial charge >= 0.3 is 12.4 Å². The van der Waals surface area contributed by atoms with E-state index in [1.54, 1.807) is 0 Å². The number of alkyl halides is 6. The number of carbonyl (C=O) groups excluding carboxylic acids is 1. The van der Waals surface area contributed by atoms with Gasteiger partial charge in [-0.1, -0.05) is 0 Å². The third-order valence-electron chi connectivity index (χ3n) is 5.19. The predicted octanol–water partition coefficient (Wildman–Crippen LogP) is 5.30. The zero-order valence-electron chi connectivity index (χ0n) is 19.4. The number of benzene rings is 2. The van der Waals surface area contributed by atoms with Gasteiger partial charge in [0.05, 0.1) is 22.4 Å². The number of rotatable bonds is 5. The second-order valence-corrected chi connectivity index (χ2v) is 10.1. The number of carbonyl (C=O) groups is 1. The molecule has 1 amide bonds. The van der Waals surface area contributed by atoms with E-state index in [1.165, 1.54) is 13.0 Å². The Hall–Kier alpha value is -3.55. The molecule has 0 bridgehead atoms. The molecule has 0 aliphatic rings. The van der Waals surface area contributed by atoms with E-state index in [2.05, 4.69) is 9.97 Å². The number of sulfone groups is 1. The fraction of sp³-hybridized carbons (Fsp3) is 0.261. The molecule has 0 N–H and O–H groups in total. The molecule has 2 aromatic carbocycles. The maximum atomic E-state index is 13.6. The average molecular weight is 549 g/mol. The van der Waals surface area contributed by atoms with Gasteiger partial charge in [-0.2, -0.15) is 26.3 Å². The smallest absolute Gasteiger partial charge is 0.337 e. The lowest BCUT2D eigenvalue weighted by atomic mass is 10.0. The molecule has 0 aliphatic heterocycles. The summed E-state index contributed by atoms with van der Waals surface area (Å²) in [6.07, 6.45) is -8.43. The Morgan fingerprint density at radius 2 is 1.54 bits per heavy atom. The minimum absolute atomic E-state index is 0.0293. The van der Waals surface area contributed by atoms with Crippen LogP contribution in [0.5, 0.6) is 0 Å². The Morgan fingerprint density at radius 3 is 2.03 bits per heavy atom. The fourth-order valence-corrected chi connectivity index (χ4v) is 3.96. The molecule has 0 saturated carbocycles. The Kier molecular flexibility index (Phi) is 7.37. The van der Waals surface area contributed by atoms with Crippen LogP contribution in [-0.2, 0) is 28.7 Å². The maximum absolute atomic E-state index is 13.6. The molecule has 14 heteroatoms. The lowest BCUT2D eigenvalue weighted by Crippen LogP contribution is -2.28. The van der Waals surface area contributed by atoms with E-state index >= 15 is 0 Å². The van der Waals surface area contributed by atoms with Gasteiger partial charge in [-0.05, 0) is 54.4 Å². The van der Waals surface area contributed by atoms with Crippen molar-refractivity contribution in [2.24, 2.45) is 0 Å². The van der Waals surface area contributed by atoms with Gasteiger partial charge < -0.3 is 4.90 Å². The van der Waals surface area contributed by atoms with Crippen LogP contribution in [0.15, 0.2) is 47.8 Å². The van der Waals surface area contributed by atoms with E-state index < -0.39 is 62.3 Å². The molecule has 0 saturated heterocycles. The summed E-state index contributed by atoms with van der Waals surface area (Å²) in [7, 11) is -2.81. The number of aryl methyl sites for hydroxylation is 1. The largest absolute Gasteiger partial charge is 0.416 e. The first-order chi connectivity index (χ1) is 16.9. The van der Waals surface area contributed by atoms with E-state index in [0.717, 1.165) is 36.5 Å². The van der Waals surface area contributed by atoms with Crippen LogP contribution < -0.4 is 0 Å². The summed E-state index contributed by atoms with van der Waals surface area (Å²) in [5.41, 5.74) is -3.58. The molecule has 6 nitrogen and oxygen atoms in total. The van der Waals surface area contributed by atoms with Crippen molar-refractivity contribution in [1.29, 1.82) is 0 Å². The standard InChI is InChI=1S/C23H18F7N3O3S/c1-12-6-16(24)4-5-17(12)19-18(10-31-21(32-19)37(3,35)36)20(34)33(2)11-13-7-14(22(25,26)27)9-15(8-13)23(28,29)30/h4-10H,11H2,1-3H3. The molecule has 0 atom stereocenters. The van der Waals surface area contributed by atoms with Gasteiger partial charge in [-0.3, -0.25) is 4.79 Å². The quantitative estimate of drug-likeness (QED) is 0.319. The fourth-order valence-electron chi connectivity index (χ4n) is 3.46. The summed E-state index contributed by atoms with van der Waals surface area (Å²) in [5, 5.41) is -0.641. The van der Waals surface area contributed by atoms with Gasteiger partial charge in [0.15, 0.2) is 0 Å². The molecule has 0 unspecified atom stereocenters. The van der Waals surface area contributed by atoms with Gasteiger partial charge in [-0.15, -0.1) is 0 Å². The van der Waals surface area contributed by atoms with Crippen LogP contribution in [0.25, 0.3) is 11.3 Å². The number of halogens is 7. The van der Waals surface area contributed by atoms with Crippen LogP contribution in [0, 0.1) is 12.7 Å². The molecule has 198 valence electrons. The molecule has 37 heavy (non-hydrogen) atoms. The van der Waals surface area contributed by atoms with Crippen molar-refractivity contribution in [1.82, 2.24) is 14.9 Å². The zero-order valence-corrected chi connectivity index (χ0v) is 20.2. The summed E-state index contributed by atoms with van der Waals surface area (Å²) in [6, 6.07) is 4.36. The summed E-state index contributed by atoms with van der Waals surface area (Å²) < 4.78 is 117. The molecular weight excluding hydrogens is 531 g/mol. The highest BCUT2D eigenvalue weighted by Gasteiger charge is 2.37. The lowest BCUT2D eigenvalue weighted by molar-refractivity contribution is -0.143. The monoisotopic (exact) mass is 549 g/mol. The summed E-state index contributed by atoms with van der Waals surface area (Å²) in [5.74, 6) is -1.54. The van der Waals surface area contributed by atoms with Crippen molar-refractivity contribution in [3.8, 4) is 11.3 Å². The SMILES string of the molecule is Cc1cc(F)ccc1-c1nc(S(C)(=O)=O)ncc1C(=O)N(C)Cc1cc(C(F)(F)F)cc(C(F)(F)F)c1. The van der Waals surface area contributed by atoms with Gasteiger partial charge in [0, 0.05) is 31.6 Å². The first kappa shape index (κ1) is 28.0. The summed E-state index contributed by atoms with van der Waals surface area (Å²) >= 11 is 0. The normalized spacial score (nSPS) is 12.5. The van der Waals surface area contributed by atoms with Gasteiger partial charge in [-0.25, -0.2) is 22.8 Å². The van der Waals surface area contributed by atoms with Crippen LogP contribution in [-0.4, -0.2) is 42.5 Å². The van der Waals surface area contributed by atoms with Gasteiger partial charge in [0.1, 0.15) is 5.82 Å². The van der Waals surface area contributed by atoms with E-state index in [-0.39, 0.29) is 28.5 Å². The van der Waals surface area contributed by atoms with Crippen LogP contribution in [0.3, 0.4) is 0 Å². The van der Waals surface area contributed by atoms with Crippen molar-refractivity contribution in [3.05, 3.63) is 76.2 Å². The minimum Gasteiger partial charge on any atom is -0.337 e. The van der Waals surface area contributed by atoms with Crippen LogP contribution in [0.4, 0.5) is 30.7 Å². The number of hydrogen-bond donors (Lipinski definition) is 0. The molecular formula is C23H18F7N3O3S. The van der Waals surface area contributed by atoms with Crippen molar-refractivity contribution in [3.63, 3.8) is 0 Å². The third-order valence-corrected chi connectivity index (χ3v) is 6.05. The molecule has 1 heterocycles. The van der Waals surface area contributed by atoms with Crippen molar-refractivity contribution in [2.75, 3.05) is 13.3 Å². The van der Waals surface area contributed by atoms with Crippen molar-refractivity contribution < 1.29 is 43.9 Å². The van der Waals surface area contributed by atoms with Crippen LogP contribution in [0.2, 0.25) is 0 Å². The van der Waals surface area contributed by atoms with Crippen molar-refractivity contribution in [2.45, 2.75) is 31.0 Å². The van der Waals surface area contributed by atoms with E-state index in [1.807, 2.05) is 0 Å². The highest BCUT2D eigenvalue weighted by atomic mass is 32.2. The molecule has 0 radical (unpaired) electrons. The van der Waals surface area contributed by atoms with Crippen LogP contribution >= 0.6 is 0 Å². The first-order valence-corrected chi connectivity index (χ1v) is 12.1. The predicted molar refractivity (Wildman–Crippen MR) is 118 cm³/mol. The van der Waals surface area contributed by atoms with E-state index in [4.69, 9.17) is 0 Å². The molecule has 1 aromatic heterocycles. The summed E-state index contributed by atoms with van der Waals surface area (Å²) in [4.78, 5) is 21.7. The second kappa shape index (κ2) is 9.72. The molecule has 0 spiro atoms. The molecule has 3 aromatic rings. The topological polar surface area (TPSA) is 80.2 Å². The number of hydrogen-bond acceptors (Lipinski definition) is 5. The van der Waals surface area contributed by atoms with E-state index in [9.17, 15) is 43.9 Å². The van der Waals surface area contributed by atoms with E-state index in [0.29, 0.717) is 12.1 Å². The van der Waals surface area contributed by atoms with Crippen molar-refractivity contribution >= 4 is 15.7 Å². The number of amides is 1. The Balaban J connectivity index is 2.08. The number of aromatic nitrogens is 2.